The number of nitrogens with one attached hydrogen (secondary N) is 1. The van der Waals surface area contributed by atoms with Gasteiger partial charge in [0.25, 0.3) is 0 Å². The Kier molecular flexibility index (Phi) is 4.47. The maximum atomic E-state index is 12.7. The monoisotopic (exact) mass is 268 g/mol. The van der Waals surface area contributed by atoms with Crippen molar-refractivity contribution in [1.29, 1.82) is 0 Å². The van der Waals surface area contributed by atoms with Crippen molar-refractivity contribution in [3.63, 3.8) is 0 Å². The second-order valence-corrected chi connectivity index (χ2v) is 4.73. The van der Waals surface area contributed by atoms with Crippen LogP contribution in [0, 0.1) is 5.82 Å². The first kappa shape index (κ1) is 13.9. The zero-order chi connectivity index (χ0) is 13.8. The zero-order valence-electron chi connectivity index (χ0n) is 10.4. The number of rotatable bonds is 4. The third-order valence-electron chi connectivity index (χ3n) is 3.10. The SMILES string of the molecule is O=C(CN1C[C@@H](O)[C@@H](O)C1)NCc1ccc(F)cc1. The molecule has 3 N–H and O–H groups in total. The standard InChI is InChI=1S/C13H17FN2O3/c14-10-3-1-9(2-4-10)5-15-13(19)8-16-6-11(17)12(18)7-16/h1-4,11-12,17-18H,5-8H2,(H,15,19)/t11-,12+. The average Bonchev–Trinajstić information content (AvgIpc) is 2.67. The second kappa shape index (κ2) is 6.10. The van der Waals surface area contributed by atoms with E-state index in [1.165, 1.54) is 12.1 Å². The molecule has 6 heteroatoms. The summed E-state index contributed by atoms with van der Waals surface area (Å²) in [5, 5.41) is 21.4. The van der Waals surface area contributed by atoms with Crippen molar-refractivity contribution in [2.45, 2.75) is 18.8 Å². The first-order valence-electron chi connectivity index (χ1n) is 6.14. The summed E-state index contributed by atoms with van der Waals surface area (Å²) in [6.45, 7) is 1.06. The van der Waals surface area contributed by atoms with Crippen molar-refractivity contribution in [3.05, 3.63) is 35.6 Å². The summed E-state index contributed by atoms with van der Waals surface area (Å²) >= 11 is 0. The van der Waals surface area contributed by atoms with Crippen molar-refractivity contribution in [2.75, 3.05) is 19.6 Å². The largest absolute Gasteiger partial charge is 0.389 e. The van der Waals surface area contributed by atoms with Crippen LogP contribution >= 0.6 is 0 Å². The molecule has 1 saturated heterocycles. The molecule has 0 saturated carbocycles. The van der Waals surface area contributed by atoms with E-state index in [4.69, 9.17) is 0 Å². The van der Waals surface area contributed by atoms with Crippen LogP contribution in [0.2, 0.25) is 0 Å². The second-order valence-electron chi connectivity index (χ2n) is 4.73. The van der Waals surface area contributed by atoms with E-state index in [9.17, 15) is 19.4 Å². The number of aliphatic hydroxyl groups is 2. The minimum Gasteiger partial charge on any atom is -0.389 e. The number of benzene rings is 1. The molecule has 19 heavy (non-hydrogen) atoms. The number of likely N-dealkylation sites (tertiary alicyclic amines) is 1. The number of β-amino-alcohol motifs (C(OH)–C–C–N with tert-alkyl or cyclic N) is 2. The molecule has 1 aromatic rings. The van der Waals surface area contributed by atoms with Crippen LogP contribution in [-0.2, 0) is 11.3 Å². The molecule has 0 bridgehead atoms. The van der Waals surface area contributed by atoms with Crippen LogP contribution < -0.4 is 5.32 Å². The lowest BCUT2D eigenvalue weighted by molar-refractivity contribution is -0.122. The molecular formula is C13H17FN2O3. The maximum absolute atomic E-state index is 12.7. The Hall–Kier alpha value is -1.50. The average molecular weight is 268 g/mol. The van der Waals surface area contributed by atoms with Gasteiger partial charge in [-0.15, -0.1) is 0 Å². The van der Waals surface area contributed by atoms with E-state index in [1.54, 1.807) is 17.0 Å². The lowest BCUT2D eigenvalue weighted by atomic mass is 10.2. The highest BCUT2D eigenvalue weighted by atomic mass is 19.1. The normalized spacial score (nSPS) is 23.5. The summed E-state index contributed by atoms with van der Waals surface area (Å²) in [6.07, 6.45) is -1.57. The van der Waals surface area contributed by atoms with E-state index in [0.29, 0.717) is 19.6 Å². The van der Waals surface area contributed by atoms with Gasteiger partial charge in [-0.25, -0.2) is 4.39 Å². The highest BCUT2D eigenvalue weighted by molar-refractivity contribution is 5.78. The van der Waals surface area contributed by atoms with Crippen molar-refractivity contribution in [2.24, 2.45) is 0 Å². The zero-order valence-corrected chi connectivity index (χ0v) is 10.4. The smallest absolute Gasteiger partial charge is 0.234 e. The summed E-state index contributed by atoms with van der Waals surface area (Å²) in [7, 11) is 0. The Morgan fingerprint density at radius 2 is 1.84 bits per heavy atom. The molecule has 1 heterocycles. The van der Waals surface area contributed by atoms with Crippen molar-refractivity contribution < 1.29 is 19.4 Å². The summed E-state index contributed by atoms with van der Waals surface area (Å²) in [6, 6.07) is 5.90. The third kappa shape index (κ3) is 3.99. The van der Waals surface area contributed by atoms with Crippen LogP contribution in [0.15, 0.2) is 24.3 Å². The van der Waals surface area contributed by atoms with Crippen LogP contribution in [0.3, 0.4) is 0 Å². The van der Waals surface area contributed by atoms with Gasteiger partial charge in [0.1, 0.15) is 5.82 Å². The van der Waals surface area contributed by atoms with Gasteiger partial charge in [0.2, 0.25) is 5.91 Å². The molecule has 1 aromatic carbocycles. The summed E-state index contributed by atoms with van der Waals surface area (Å²) in [5.74, 6) is -0.499. The summed E-state index contributed by atoms with van der Waals surface area (Å²) in [4.78, 5) is 13.4. The van der Waals surface area contributed by atoms with Gasteiger partial charge in [-0.1, -0.05) is 12.1 Å². The minimum atomic E-state index is -0.787. The number of hydrogen-bond donors (Lipinski definition) is 3. The Morgan fingerprint density at radius 1 is 1.26 bits per heavy atom. The fraction of sp³-hybridized carbons (Fsp3) is 0.462. The van der Waals surface area contributed by atoms with Crippen LogP contribution in [0.5, 0.6) is 0 Å². The number of hydrogen-bond acceptors (Lipinski definition) is 4. The molecule has 1 aliphatic rings. The predicted octanol–water partition coefficient (Wildman–Crippen LogP) is -0.521. The molecule has 2 atom stereocenters. The molecule has 0 unspecified atom stereocenters. The Morgan fingerprint density at radius 3 is 2.42 bits per heavy atom. The number of amides is 1. The molecule has 1 fully saturated rings. The number of nitrogens with zero attached hydrogens (tertiary/aromatic N) is 1. The molecule has 0 radical (unpaired) electrons. The first-order valence-corrected chi connectivity index (χ1v) is 6.14. The van der Waals surface area contributed by atoms with Crippen LogP contribution in [0.25, 0.3) is 0 Å². The van der Waals surface area contributed by atoms with Crippen LogP contribution in [-0.4, -0.2) is 52.9 Å². The maximum Gasteiger partial charge on any atom is 0.234 e. The van der Waals surface area contributed by atoms with E-state index in [0.717, 1.165) is 5.56 Å². The van der Waals surface area contributed by atoms with E-state index in [-0.39, 0.29) is 18.3 Å². The molecule has 104 valence electrons. The van der Waals surface area contributed by atoms with E-state index >= 15 is 0 Å². The lowest BCUT2D eigenvalue weighted by Gasteiger charge is -2.14. The number of aliphatic hydroxyl groups excluding tert-OH is 2. The van der Waals surface area contributed by atoms with Crippen LogP contribution in [0.1, 0.15) is 5.56 Å². The van der Waals surface area contributed by atoms with Crippen molar-refractivity contribution in [1.82, 2.24) is 10.2 Å². The number of carbonyl (C=O) groups excluding carboxylic acids is 1. The summed E-state index contributed by atoms with van der Waals surface area (Å²) < 4.78 is 12.7. The Labute approximate surface area is 110 Å². The quantitative estimate of drug-likeness (QED) is 0.687. The fourth-order valence-electron chi connectivity index (χ4n) is 2.04. The van der Waals surface area contributed by atoms with E-state index < -0.39 is 12.2 Å². The number of halogens is 1. The van der Waals surface area contributed by atoms with Gasteiger partial charge < -0.3 is 15.5 Å². The first-order chi connectivity index (χ1) is 9.04. The van der Waals surface area contributed by atoms with Crippen LogP contribution in [0.4, 0.5) is 4.39 Å². The lowest BCUT2D eigenvalue weighted by Crippen LogP contribution is -2.36. The van der Waals surface area contributed by atoms with Gasteiger partial charge in [-0.2, -0.15) is 0 Å². The predicted molar refractivity (Wildman–Crippen MR) is 66.7 cm³/mol. The topological polar surface area (TPSA) is 72.8 Å². The molecule has 0 aromatic heterocycles. The number of carbonyl (C=O) groups is 1. The van der Waals surface area contributed by atoms with Gasteiger partial charge in [0, 0.05) is 19.6 Å². The fourth-order valence-corrected chi connectivity index (χ4v) is 2.04. The van der Waals surface area contributed by atoms with E-state index in [2.05, 4.69) is 5.32 Å². The molecule has 2 rings (SSSR count). The van der Waals surface area contributed by atoms with Crippen molar-refractivity contribution >= 4 is 5.91 Å². The molecule has 5 nitrogen and oxygen atoms in total. The van der Waals surface area contributed by atoms with Crippen molar-refractivity contribution in [3.8, 4) is 0 Å². The highest BCUT2D eigenvalue weighted by Crippen LogP contribution is 2.09. The third-order valence-corrected chi connectivity index (χ3v) is 3.10. The molecule has 0 spiro atoms. The Bertz CT molecular complexity index is 428. The van der Waals surface area contributed by atoms with Gasteiger partial charge in [-0.3, -0.25) is 9.69 Å². The van der Waals surface area contributed by atoms with Gasteiger partial charge in [-0.05, 0) is 17.7 Å². The Balaban J connectivity index is 1.74. The highest BCUT2D eigenvalue weighted by Gasteiger charge is 2.30. The summed E-state index contributed by atoms with van der Waals surface area (Å²) in [5.41, 5.74) is 0.816. The van der Waals surface area contributed by atoms with E-state index in [1.807, 2.05) is 0 Å². The molecular weight excluding hydrogens is 251 g/mol. The molecule has 1 aliphatic heterocycles. The van der Waals surface area contributed by atoms with Gasteiger partial charge >= 0.3 is 0 Å². The molecule has 0 aliphatic carbocycles. The minimum absolute atomic E-state index is 0.134. The molecule has 1 amide bonds. The van der Waals surface area contributed by atoms with Gasteiger partial charge in [0.15, 0.2) is 0 Å². The van der Waals surface area contributed by atoms with Gasteiger partial charge in [0.05, 0.1) is 18.8 Å².